The van der Waals surface area contributed by atoms with E-state index in [1.54, 1.807) is 24.3 Å². The topological polar surface area (TPSA) is 94.9 Å². The van der Waals surface area contributed by atoms with Crippen LogP contribution in [0.25, 0.3) is 5.65 Å². The Hall–Kier alpha value is -2.69. The van der Waals surface area contributed by atoms with Crippen LogP contribution in [0.2, 0.25) is 0 Å². The number of fused-ring (bicyclic) bond motifs is 1. The molecule has 202 valence electrons. The first-order valence-electron chi connectivity index (χ1n) is 13.3. The van der Waals surface area contributed by atoms with Crippen LogP contribution in [0.4, 0.5) is 17.3 Å². The van der Waals surface area contributed by atoms with Gasteiger partial charge in [0.2, 0.25) is 10.0 Å². The largest absolute Gasteiger partial charge is 0.367 e. The minimum atomic E-state index is -3.48. The molecule has 0 amide bonds. The van der Waals surface area contributed by atoms with Gasteiger partial charge in [0, 0.05) is 43.5 Å². The lowest BCUT2D eigenvalue weighted by atomic mass is 9.90. The van der Waals surface area contributed by atoms with Crippen molar-refractivity contribution in [2.75, 3.05) is 37.8 Å². The molecule has 37 heavy (non-hydrogen) atoms. The Morgan fingerprint density at radius 2 is 1.70 bits per heavy atom. The molecule has 0 unspecified atom stereocenters. The average Bonchev–Trinajstić information content (AvgIpc) is 3.31. The summed E-state index contributed by atoms with van der Waals surface area (Å²) in [5, 5.41) is 11.7. The zero-order valence-corrected chi connectivity index (χ0v) is 23.7. The van der Waals surface area contributed by atoms with Crippen LogP contribution in [-0.4, -0.2) is 71.5 Å². The van der Waals surface area contributed by atoms with Gasteiger partial charge in [0.1, 0.15) is 11.6 Å². The van der Waals surface area contributed by atoms with E-state index in [2.05, 4.69) is 48.3 Å². The highest BCUT2D eigenvalue weighted by Crippen LogP contribution is 2.29. The molecule has 0 saturated heterocycles. The van der Waals surface area contributed by atoms with E-state index >= 15 is 0 Å². The summed E-state index contributed by atoms with van der Waals surface area (Å²) in [6.45, 7) is 11.0. The van der Waals surface area contributed by atoms with Crippen molar-refractivity contribution in [3.05, 3.63) is 42.1 Å². The molecule has 1 aliphatic carbocycles. The third-order valence-corrected chi connectivity index (χ3v) is 9.23. The number of rotatable bonds is 10. The van der Waals surface area contributed by atoms with Gasteiger partial charge in [-0.15, -0.1) is 0 Å². The van der Waals surface area contributed by atoms with Crippen LogP contribution in [0, 0.1) is 0 Å². The molecule has 1 aromatic carbocycles. The van der Waals surface area contributed by atoms with Crippen LogP contribution in [0.5, 0.6) is 0 Å². The molecule has 0 atom stereocenters. The van der Waals surface area contributed by atoms with Gasteiger partial charge < -0.3 is 15.5 Å². The van der Waals surface area contributed by atoms with E-state index in [0.29, 0.717) is 12.1 Å². The van der Waals surface area contributed by atoms with Crippen LogP contribution in [0.15, 0.2) is 41.4 Å². The van der Waals surface area contributed by atoms with E-state index in [9.17, 15) is 8.42 Å². The second kappa shape index (κ2) is 11.4. The lowest BCUT2D eigenvalue weighted by Gasteiger charge is -2.36. The summed E-state index contributed by atoms with van der Waals surface area (Å²) >= 11 is 0. The molecular weight excluding hydrogens is 486 g/mol. The summed E-state index contributed by atoms with van der Waals surface area (Å²) in [4.78, 5) is 7.78. The third kappa shape index (κ3) is 5.91. The smallest absolute Gasteiger partial charge is 0.242 e. The number of nitrogens with one attached hydrogen (secondary N) is 2. The highest BCUT2D eigenvalue weighted by Gasteiger charge is 2.25. The van der Waals surface area contributed by atoms with E-state index in [0.717, 1.165) is 54.5 Å². The maximum absolute atomic E-state index is 12.4. The highest BCUT2D eigenvalue weighted by molar-refractivity contribution is 7.89. The minimum absolute atomic E-state index is 0.256. The molecule has 3 aromatic rings. The quantitative estimate of drug-likeness (QED) is 0.387. The zero-order chi connectivity index (χ0) is 26.7. The van der Waals surface area contributed by atoms with Crippen molar-refractivity contribution in [1.82, 2.24) is 23.8 Å². The summed E-state index contributed by atoms with van der Waals surface area (Å²) in [7, 11) is -0.415. The Bertz CT molecular complexity index is 1290. The molecule has 2 heterocycles. The summed E-state index contributed by atoms with van der Waals surface area (Å²) in [6, 6.07) is 9.83. The summed E-state index contributed by atoms with van der Waals surface area (Å²) in [5.74, 6) is 1.89. The molecule has 0 bridgehead atoms. The lowest BCUT2D eigenvalue weighted by molar-refractivity contribution is 0.167. The van der Waals surface area contributed by atoms with Crippen LogP contribution in [0.1, 0.15) is 64.9 Å². The van der Waals surface area contributed by atoms with Crippen molar-refractivity contribution in [2.45, 2.75) is 76.3 Å². The van der Waals surface area contributed by atoms with E-state index in [1.165, 1.54) is 31.2 Å². The number of anilines is 3. The molecule has 10 heteroatoms. The highest BCUT2D eigenvalue weighted by atomic mass is 32.2. The van der Waals surface area contributed by atoms with Crippen molar-refractivity contribution in [3.63, 3.8) is 0 Å². The second-order valence-corrected chi connectivity index (χ2v) is 12.5. The van der Waals surface area contributed by atoms with Gasteiger partial charge >= 0.3 is 0 Å². The number of nitrogens with zero attached hydrogens (tertiary/aromatic N) is 5. The Morgan fingerprint density at radius 3 is 2.27 bits per heavy atom. The fourth-order valence-electron chi connectivity index (χ4n) is 5.15. The van der Waals surface area contributed by atoms with Crippen LogP contribution < -0.4 is 10.6 Å². The van der Waals surface area contributed by atoms with Gasteiger partial charge in [-0.05, 0) is 69.0 Å². The van der Waals surface area contributed by atoms with Crippen molar-refractivity contribution in [2.24, 2.45) is 0 Å². The molecule has 1 fully saturated rings. The molecule has 0 spiro atoms. The number of hydrogen-bond acceptors (Lipinski definition) is 7. The Labute approximate surface area is 221 Å². The van der Waals surface area contributed by atoms with Gasteiger partial charge in [0.15, 0.2) is 5.65 Å². The predicted octanol–water partition coefficient (Wildman–Crippen LogP) is 4.91. The summed E-state index contributed by atoms with van der Waals surface area (Å²) < 4.78 is 27.9. The fourth-order valence-corrected chi connectivity index (χ4v) is 6.06. The lowest BCUT2D eigenvalue weighted by Crippen LogP contribution is -2.40. The molecule has 2 N–H and O–H groups in total. The monoisotopic (exact) mass is 527 g/mol. The molecule has 9 nitrogen and oxygen atoms in total. The molecule has 0 aliphatic heterocycles. The van der Waals surface area contributed by atoms with E-state index < -0.39 is 10.0 Å². The fraction of sp³-hybridized carbons (Fsp3) is 0.556. The van der Waals surface area contributed by atoms with Gasteiger partial charge in [-0.3, -0.25) is 0 Å². The van der Waals surface area contributed by atoms with Crippen LogP contribution >= 0.6 is 0 Å². The molecular formula is C27H41N7O2S. The SMILES string of the molecule is CCN(CC)C1CCC(Nc2cc(Nc3ccc(S(=O)(=O)N(C)C)cc3)n3ncc(C(C)C)c3n2)CC1. The van der Waals surface area contributed by atoms with E-state index in [-0.39, 0.29) is 10.8 Å². The average molecular weight is 528 g/mol. The molecule has 4 rings (SSSR count). The predicted molar refractivity (Wildman–Crippen MR) is 150 cm³/mol. The number of benzene rings is 1. The number of sulfonamides is 1. The number of hydrogen-bond donors (Lipinski definition) is 2. The van der Waals surface area contributed by atoms with Crippen LogP contribution in [-0.2, 0) is 10.0 Å². The standard InChI is InChI=1S/C27H41N7O2S/c1-7-33(8-2)22-13-9-20(10-14-22)29-25-17-26(34-27(31-25)24(18-28-34)19(3)4)30-21-11-15-23(16-12-21)37(35,36)32(5)6/h11-12,15-20,22,30H,7-10,13-14H2,1-6H3,(H,29,31). The van der Waals surface area contributed by atoms with Gasteiger partial charge in [0.25, 0.3) is 0 Å². The normalized spacial score (nSPS) is 18.7. The van der Waals surface area contributed by atoms with Gasteiger partial charge in [-0.25, -0.2) is 17.7 Å². The van der Waals surface area contributed by atoms with Crippen LogP contribution in [0.3, 0.4) is 0 Å². The minimum Gasteiger partial charge on any atom is -0.367 e. The summed E-state index contributed by atoms with van der Waals surface area (Å²) in [5.41, 5.74) is 2.69. The van der Waals surface area contributed by atoms with Gasteiger partial charge in [-0.2, -0.15) is 9.61 Å². The zero-order valence-electron chi connectivity index (χ0n) is 22.9. The van der Waals surface area contributed by atoms with Crippen molar-refractivity contribution in [1.29, 1.82) is 0 Å². The first-order valence-corrected chi connectivity index (χ1v) is 14.8. The molecule has 0 radical (unpaired) electrons. The summed E-state index contributed by atoms with van der Waals surface area (Å²) in [6.07, 6.45) is 6.51. The molecule has 2 aromatic heterocycles. The van der Waals surface area contributed by atoms with Crippen molar-refractivity contribution in [3.8, 4) is 0 Å². The molecule has 1 aliphatic rings. The Balaban J connectivity index is 1.58. The molecule has 1 saturated carbocycles. The van der Waals surface area contributed by atoms with Gasteiger partial charge in [-0.1, -0.05) is 27.7 Å². The van der Waals surface area contributed by atoms with E-state index in [4.69, 9.17) is 4.98 Å². The second-order valence-electron chi connectivity index (χ2n) is 10.3. The maximum Gasteiger partial charge on any atom is 0.242 e. The van der Waals surface area contributed by atoms with E-state index in [1.807, 2.05) is 16.8 Å². The first-order chi connectivity index (χ1) is 17.6. The maximum atomic E-state index is 12.4. The third-order valence-electron chi connectivity index (χ3n) is 7.40. The van der Waals surface area contributed by atoms with Crippen molar-refractivity contribution >= 4 is 33.0 Å². The van der Waals surface area contributed by atoms with Crippen molar-refractivity contribution < 1.29 is 8.42 Å². The van der Waals surface area contributed by atoms with Gasteiger partial charge in [0.05, 0.1) is 11.1 Å². The number of aromatic nitrogens is 3. The Morgan fingerprint density at radius 1 is 1.05 bits per heavy atom. The Kier molecular flexibility index (Phi) is 8.40. The first kappa shape index (κ1) is 27.3.